The number of anilines is 3. The first-order chi connectivity index (χ1) is 16.0. The molecule has 2 aromatic carbocycles. The number of amides is 2. The second kappa shape index (κ2) is 9.20. The molecule has 1 aliphatic rings. The average molecular weight is 440 g/mol. The van der Waals surface area contributed by atoms with Crippen molar-refractivity contribution in [1.82, 2.24) is 9.97 Å². The predicted molar refractivity (Wildman–Crippen MR) is 125 cm³/mol. The predicted octanol–water partition coefficient (Wildman–Crippen LogP) is 2.76. The van der Waals surface area contributed by atoms with Crippen molar-refractivity contribution in [2.75, 3.05) is 35.3 Å². The number of terminal acetylenes is 1. The molecular weight excluding hydrogens is 420 g/mol. The Morgan fingerprint density at radius 3 is 2.36 bits per heavy atom. The zero-order chi connectivity index (χ0) is 23.4. The smallest absolute Gasteiger partial charge is 0.289 e. The molecule has 1 fully saturated rings. The molecular formula is C24H20N6O3. The summed E-state index contributed by atoms with van der Waals surface area (Å²) in [6.07, 6.45) is 8.10. The number of benzene rings is 2. The van der Waals surface area contributed by atoms with Crippen LogP contribution in [0.2, 0.25) is 0 Å². The van der Waals surface area contributed by atoms with Gasteiger partial charge in [-0.15, -0.1) is 6.42 Å². The summed E-state index contributed by atoms with van der Waals surface area (Å²) in [5.74, 6) is 1.48. The fourth-order valence-electron chi connectivity index (χ4n) is 3.29. The van der Waals surface area contributed by atoms with Gasteiger partial charge >= 0.3 is 0 Å². The summed E-state index contributed by atoms with van der Waals surface area (Å²) in [5, 5.41) is 10.5. The maximum atomic E-state index is 13.1. The molecule has 9 heteroatoms. The number of nitrogens with zero attached hydrogens (tertiary/aromatic N) is 4. The lowest BCUT2D eigenvalue weighted by Crippen LogP contribution is -2.30. The van der Waals surface area contributed by atoms with Gasteiger partial charge in [-0.3, -0.25) is 19.9 Å². The highest BCUT2D eigenvalue weighted by Crippen LogP contribution is 2.22. The lowest BCUT2D eigenvalue weighted by atomic mass is 10.2. The summed E-state index contributed by atoms with van der Waals surface area (Å²) in [6, 6.07) is 13.9. The fraction of sp³-hybridized carbons (Fsp3) is 0.125. The fourth-order valence-corrected chi connectivity index (χ4v) is 3.29. The van der Waals surface area contributed by atoms with E-state index in [1.54, 1.807) is 60.5 Å². The van der Waals surface area contributed by atoms with Gasteiger partial charge in [0.1, 0.15) is 6.61 Å². The van der Waals surface area contributed by atoms with Crippen LogP contribution in [-0.2, 0) is 4.74 Å². The monoisotopic (exact) mass is 440 g/mol. The quantitative estimate of drug-likeness (QED) is 0.590. The van der Waals surface area contributed by atoms with Crippen molar-refractivity contribution in [3.63, 3.8) is 0 Å². The van der Waals surface area contributed by atoms with E-state index in [4.69, 9.17) is 16.6 Å². The second-order valence-corrected chi connectivity index (χ2v) is 7.12. The molecule has 3 aromatic rings. The molecule has 1 aliphatic heterocycles. The van der Waals surface area contributed by atoms with Crippen molar-refractivity contribution in [1.29, 1.82) is 5.41 Å². The Hall–Kier alpha value is -4.71. The Morgan fingerprint density at radius 1 is 1.09 bits per heavy atom. The molecule has 9 nitrogen and oxygen atoms in total. The molecule has 0 saturated carbocycles. The van der Waals surface area contributed by atoms with Gasteiger partial charge < -0.3 is 15.0 Å². The van der Waals surface area contributed by atoms with Crippen molar-refractivity contribution >= 4 is 34.9 Å². The highest BCUT2D eigenvalue weighted by molar-refractivity contribution is 6.13. The summed E-state index contributed by atoms with van der Waals surface area (Å²) < 4.78 is 5.15. The Bertz CT molecular complexity index is 1250. The molecule has 0 aliphatic carbocycles. The Balaban J connectivity index is 1.51. The minimum atomic E-state index is -0.562. The van der Waals surface area contributed by atoms with Crippen LogP contribution in [-0.4, -0.2) is 48.0 Å². The van der Waals surface area contributed by atoms with Gasteiger partial charge in [-0.2, -0.15) is 0 Å². The number of hydrogen-bond acceptors (Lipinski definition) is 6. The SMILES string of the molecule is C#Cc1ccc(N(C)C(=O)c2nccnc2C(=O)Nc2ccc(N3CCOC3=N)cc2)cc1. The molecule has 4 rings (SSSR count). The van der Waals surface area contributed by atoms with Crippen LogP contribution in [0.15, 0.2) is 60.9 Å². The first-order valence-electron chi connectivity index (χ1n) is 10.0. The molecule has 1 saturated heterocycles. The van der Waals surface area contributed by atoms with Crippen LogP contribution >= 0.6 is 0 Å². The van der Waals surface area contributed by atoms with Crippen molar-refractivity contribution in [2.24, 2.45) is 0 Å². The van der Waals surface area contributed by atoms with E-state index in [0.717, 1.165) is 5.69 Å². The Kier molecular flexibility index (Phi) is 6.00. The molecule has 0 bridgehead atoms. The van der Waals surface area contributed by atoms with Gasteiger partial charge in [0.25, 0.3) is 17.8 Å². The number of carbonyl (C=O) groups is 2. The van der Waals surface area contributed by atoms with E-state index < -0.39 is 11.8 Å². The van der Waals surface area contributed by atoms with E-state index in [9.17, 15) is 9.59 Å². The lowest BCUT2D eigenvalue weighted by Gasteiger charge is -2.18. The summed E-state index contributed by atoms with van der Waals surface area (Å²) in [6.45, 7) is 1.05. The van der Waals surface area contributed by atoms with Crippen LogP contribution in [0.4, 0.5) is 17.1 Å². The molecule has 2 amide bonds. The van der Waals surface area contributed by atoms with E-state index in [0.29, 0.717) is 30.1 Å². The first kappa shape index (κ1) is 21.5. The topological polar surface area (TPSA) is 112 Å². The van der Waals surface area contributed by atoms with E-state index in [1.807, 2.05) is 0 Å². The maximum absolute atomic E-state index is 13.1. The van der Waals surface area contributed by atoms with Gasteiger partial charge in [0, 0.05) is 42.1 Å². The van der Waals surface area contributed by atoms with Crippen molar-refractivity contribution in [3.05, 3.63) is 77.9 Å². The molecule has 2 N–H and O–H groups in total. The minimum absolute atomic E-state index is 0.0715. The number of ether oxygens (including phenoxy) is 1. The van der Waals surface area contributed by atoms with E-state index in [2.05, 4.69) is 21.2 Å². The Labute approximate surface area is 190 Å². The summed E-state index contributed by atoms with van der Waals surface area (Å²) in [5.41, 5.74) is 2.43. The third-order valence-corrected chi connectivity index (χ3v) is 5.08. The number of amidine groups is 1. The van der Waals surface area contributed by atoms with Crippen LogP contribution in [0.25, 0.3) is 0 Å². The third-order valence-electron chi connectivity index (χ3n) is 5.08. The first-order valence-corrected chi connectivity index (χ1v) is 10.0. The molecule has 0 atom stereocenters. The lowest BCUT2D eigenvalue weighted by molar-refractivity contribution is 0.0965. The molecule has 0 unspecified atom stereocenters. The highest BCUT2D eigenvalue weighted by atomic mass is 16.5. The number of nitrogens with one attached hydrogen (secondary N) is 2. The Morgan fingerprint density at radius 2 is 1.76 bits per heavy atom. The van der Waals surface area contributed by atoms with Crippen LogP contribution in [0.3, 0.4) is 0 Å². The van der Waals surface area contributed by atoms with E-state index in [-0.39, 0.29) is 17.4 Å². The molecule has 1 aromatic heterocycles. The zero-order valence-corrected chi connectivity index (χ0v) is 17.8. The second-order valence-electron chi connectivity index (χ2n) is 7.12. The number of aromatic nitrogens is 2. The van der Waals surface area contributed by atoms with E-state index in [1.165, 1.54) is 17.3 Å². The van der Waals surface area contributed by atoms with Gasteiger partial charge in [-0.1, -0.05) is 5.92 Å². The van der Waals surface area contributed by atoms with Gasteiger partial charge in [0.05, 0.1) is 6.54 Å². The van der Waals surface area contributed by atoms with Crippen LogP contribution in [0.1, 0.15) is 26.5 Å². The normalized spacial score (nSPS) is 12.6. The molecule has 0 radical (unpaired) electrons. The number of rotatable bonds is 5. The van der Waals surface area contributed by atoms with Gasteiger partial charge in [0.15, 0.2) is 11.4 Å². The third kappa shape index (κ3) is 4.50. The standard InChI is InChI=1S/C24H20N6O3/c1-3-16-4-8-18(9-5-16)29(2)23(32)21-20(26-12-13-27-21)22(31)28-17-6-10-19(11-7-17)30-14-15-33-24(30)25/h1,4-13,25H,14-15H2,2H3,(H,28,31). The van der Waals surface area contributed by atoms with Gasteiger partial charge in [-0.05, 0) is 48.5 Å². The maximum Gasteiger partial charge on any atom is 0.289 e. The van der Waals surface area contributed by atoms with Crippen molar-refractivity contribution in [2.45, 2.75) is 0 Å². The van der Waals surface area contributed by atoms with Crippen LogP contribution in [0, 0.1) is 17.8 Å². The van der Waals surface area contributed by atoms with Gasteiger partial charge in [-0.25, -0.2) is 9.97 Å². The van der Waals surface area contributed by atoms with Gasteiger partial charge in [0.2, 0.25) is 0 Å². The molecule has 33 heavy (non-hydrogen) atoms. The largest absolute Gasteiger partial charge is 0.463 e. The van der Waals surface area contributed by atoms with E-state index >= 15 is 0 Å². The summed E-state index contributed by atoms with van der Waals surface area (Å²) in [4.78, 5) is 37.3. The van der Waals surface area contributed by atoms with Crippen LogP contribution < -0.4 is 15.1 Å². The number of carbonyl (C=O) groups excluding carboxylic acids is 2. The molecule has 2 heterocycles. The van der Waals surface area contributed by atoms with Crippen LogP contribution in [0.5, 0.6) is 0 Å². The highest BCUT2D eigenvalue weighted by Gasteiger charge is 2.24. The molecule has 0 spiro atoms. The summed E-state index contributed by atoms with van der Waals surface area (Å²) >= 11 is 0. The van der Waals surface area contributed by atoms with Crippen molar-refractivity contribution < 1.29 is 14.3 Å². The zero-order valence-electron chi connectivity index (χ0n) is 17.8. The average Bonchev–Trinajstić information content (AvgIpc) is 3.29. The number of hydrogen-bond donors (Lipinski definition) is 2. The summed E-state index contributed by atoms with van der Waals surface area (Å²) in [7, 11) is 1.59. The molecule has 164 valence electrons. The minimum Gasteiger partial charge on any atom is -0.463 e. The van der Waals surface area contributed by atoms with Crippen molar-refractivity contribution in [3.8, 4) is 12.3 Å².